The van der Waals surface area contributed by atoms with Crippen LogP contribution in [0.15, 0.2) is 4.52 Å². The van der Waals surface area contributed by atoms with Gasteiger partial charge in [-0.15, -0.1) is 0 Å². The number of nitrogens with zero attached hydrogens (tertiary/aromatic N) is 2. The summed E-state index contributed by atoms with van der Waals surface area (Å²) in [5.74, 6) is 1.99. The van der Waals surface area contributed by atoms with E-state index in [9.17, 15) is 0 Å². The molecule has 5 heteroatoms. The van der Waals surface area contributed by atoms with Crippen LogP contribution in [0.4, 0.5) is 0 Å². The first-order chi connectivity index (χ1) is 7.79. The topological polar surface area (TPSA) is 74.2 Å². The van der Waals surface area contributed by atoms with E-state index in [0.29, 0.717) is 24.8 Å². The van der Waals surface area contributed by atoms with Crippen LogP contribution in [0.25, 0.3) is 0 Å². The zero-order valence-electron chi connectivity index (χ0n) is 9.69. The molecular weight excluding hydrogens is 206 g/mol. The van der Waals surface area contributed by atoms with E-state index in [1.165, 1.54) is 25.7 Å². The highest BCUT2D eigenvalue weighted by Crippen LogP contribution is 2.32. The third kappa shape index (κ3) is 2.80. The minimum absolute atomic E-state index is 0.0677. The molecule has 1 aliphatic carbocycles. The van der Waals surface area contributed by atoms with Crippen LogP contribution < -0.4 is 5.73 Å². The third-order valence-corrected chi connectivity index (χ3v) is 3.02. The molecule has 0 bridgehead atoms. The van der Waals surface area contributed by atoms with Crippen LogP contribution in [0, 0.1) is 0 Å². The average Bonchev–Trinajstić information content (AvgIpc) is 2.86. The van der Waals surface area contributed by atoms with Crippen LogP contribution in [-0.2, 0) is 11.2 Å². The Labute approximate surface area is 95.3 Å². The number of aromatic nitrogens is 2. The Kier molecular flexibility index (Phi) is 3.90. The van der Waals surface area contributed by atoms with E-state index in [0.717, 1.165) is 5.82 Å². The molecule has 1 heterocycles. The lowest BCUT2D eigenvalue weighted by molar-refractivity contribution is 0.176. The molecule has 0 radical (unpaired) electrons. The smallest absolute Gasteiger partial charge is 0.228 e. The second-order valence-corrected chi connectivity index (χ2v) is 4.45. The average molecular weight is 225 g/mol. The first-order valence-electron chi connectivity index (χ1n) is 5.86. The van der Waals surface area contributed by atoms with Crippen LogP contribution in [-0.4, -0.2) is 29.9 Å². The van der Waals surface area contributed by atoms with E-state index in [-0.39, 0.29) is 6.04 Å². The molecule has 0 amide bonds. The summed E-state index contributed by atoms with van der Waals surface area (Å²) in [4.78, 5) is 4.40. The van der Waals surface area contributed by atoms with Crippen molar-refractivity contribution in [3.05, 3.63) is 11.7 Å². The van der Waals surface area contributed by atoms with Crippen molar-refractivity contribution in [2.75, 3.05) is 13.7 Å². The molecule has 0 aromatic carbocycles. The molecule has 1 fully saturated rings. The molecule has 0 aliphatic heterocycles. The summed E-state index contributed by atoms with van der Waals surface area (Å²) < 4.78 is 10.2. The van der Waals surface area contributed by atoms with Crippen LogP contribution in [0.1, 0.15) is 43.3 Å². The Morgan fingerprint density at radius 3 is 2.94 bits per heavy atom. The third-order valence-electron chi connectivity index (χ3n) is 3.02. The molecule has 5 nitrogen and oxygen atoms in total. The van der Waals surface area contributed by atoms with Crippen molar-refractivity contribution < 1.29 is 9.26 Å². The first kappa shape index (κ1) is 11.5. The Morgan fingerprint density at radius 2 is 2.25 bits per heavy atom. The van der Waals surface area contributed by atoms with Gasteiger partial charge in [-0.25, -0.2) is 0 Å². The summed E-state index contributed by atoms with van der Waals surface area (Å²) in [6.45, 7) is 0.515. The highest BCUT2D eigenvalue weighted by atomic mass is 16.5. The van der Waals surface area contributed by atoms with Gasteiger partial charge in [-0.2, -0.15) is 4.98 Å². The van der Waals surface area contributed by atoms with Crippen LogP contribution in [0.3, 0.4) is 0 Å². The summed E-state index contributed by atoms with van der Waals surface area (Å²) in [5, 5.41) is 4.03. The van der Waals surface area contributed by atoms with Gasteiger partial charge in [-0.3, -0.25) is 0 Å². The fourth-order valence-electron chi connectivity index (χ4n) is 2.20. The highest BCUT2D eigenvalue weighted by molar-refractivity contribution is 4.98. The van der Waals surface area contributed by atoms with Gasteiger partial charge >= 0.3 is 0 Å². The van der Waals surface area contributed by atoms with Gasteiger partial charge in [0.25, 0.3) is 0 Å². The molecule has 1 atom stereocenters. The lowest BCUT2D eigenvalue weighted by atomic mass is 10.1. The molecule has 90 valence electrons. The molecule has 1 aliphatic rings. The van der Waals surface area contributed by atoms with Gasteiger partial charge in [0, 0.05) is 25.5 Å². The molecule has 0 spiro atoms. The van der Waals surface area contributed by atoms with Crippen molar-refractivity contribution in [1.29, 1.82) is 0 Å². The SMILES string of the molecule is COCC(N)Cc1nc(C2CCCC2)no1. The normalized spacial score (nSPS) is 19.1. The van der Waals surface area contributed by atoms with E-state index >= 15 is 0 Å². The van der Waals surface area contributed by atoms with E-state index in [4.69, 9.17) is 15.0 Å². The molecule has 2 N–H and O–H groups in total. The Morgan fingerprint density at radius 1 is 1.50 bits per heavy atom. The highest BCUT2D eigenvalue weighted by Gasteiger charge is 2.22. The van der Waals surface area contributed by atoms with Gasteiger partial charge in [0.2, 0.25) is 5.89 Å². The van der Waals surface area contributed by atoms with E-state index < -0.39 is 0 Å². The quantitative estimate of drug-likeness (QED) is 0.816. The molecule has 16 heavy (non-hydrogen) atoms. The molecule has 1 unspecified atom stereocenters. The summed E-state index contributed by atoms with van der Waals surface area (Å²) in [6.07, 6.45) is 5.51. The largest absolute Gasteiger partial charge is 0.383 e. The Bertz CT molecular complexity index is 321. The number of hydrogen-bond donors (Lipinski definition) is 1. The second kappa shape index (κ2) is 5.41. The standard InChI is InChI=1S/C11H19N3O2/c1-15-7-9(12)6-10-13-11(14-16-10)8-4-2-3-5-8/h8-9H,2-7,12H2,1H3. The van der Waals surface area contributed by atoms with Gasteiger partial charge < -0.3 is 15.0 Å². The first-order valence-corrected chi connectivity index (χ1v) is 5.86. The van der Waals surface area contributed by atoms with Crippen LogP contribution in [0.5, 0.6) is 0 Å². The monoisotopic (exact) mass is 225 g/mol. The minimum atomic E-state index is -0.0677. The minimum Gasteiger partial charge on any atom is -0.383 e. The van der Waals surface area contributed by atoms with Crippen molar-refractivity contribution in [2.24, 2.45) is 5.73 Å². The predicted octanol–water partition coefficient (Wildman–Crippen LogP) is 1.24. The predicted molar refractivity (Wildman–Crippen MR) is 59.1 cm³/mol. The van der Waals surface area contributed by atoms with Gasteiger partial charge in [0.05, 0.1) is 6.61 Å². The van der Waals surface area contributed by atoms with E-state index in [1.54, 1.807) is 7.11 Å². The Hall–Kier alpha value is -0.940. The van der Waals surface area contributed by atoms with Crippen molar-refractivity contribution in [3.63, 3.8) is 0 Å². The number of nitrogens with two attached hydrogens (primary N) is 1. The summed E-state index contributed by atoms with van der Waals surface area (Å²) in [6, 6.07) is -0.0677. The van der Waals surface area contributed by atoms with Gasteiger partial charge in [0.1, 0.15) is 0 Å². The van der Waals surface area contributed by atoms with Crippen molar-refractivity contribution in [3.8, 4) is 0 Å². The zero-order chi connectivity index (χ0) is 11.4. The maximum absolute atomic E-state index is 5.83. The second-order valence-electron chi connectivity index (χ2n) is 4.45. The molecule has 1 aromatic heterocycles. The fraction of sp³-hybridized carbons (Fsp3) is 0.818. The number of rotatable bonds is 5. The molecular formula is C11H19N3O2. The summed E-state index contributed by atoms with van der Waals surface area (Å²) in [7, 11) is 1.64. The lowest BCUT2D eigenvalue weighted by Crippen LogP contribution is -2.28. The summed E-state index contributed by atoms with van der Waals surface area (Å²) >= 11 is 0. The number of hydrogen-bond acceptors (Lipinski definition) is 5. The van der Waals surface area contributed by atoms with Gasteiger partial charge in [-0.05, 0) is 12.8 Å². The van der Waals surface area contributed by atoms with Crippen LogP contribution in [0.2, 0.25) is 0 Å². The molecule has 1 saturated carbocycles. The van der Waals surface area contributed by atoms with Crippen LogP contribution >= 0.6 is 0 Å². The molecule has 1 aromatic rings. The van der Waals surface area contributed by atoms with Gasteiger partial charge in [-0.1, -0.05) is 18.0 Å². The molecule has 2 rings (SSSR count). The van der Waals surface area contributed by atoms with Crippen molar-refractivity contribution >= 4 is 0 Å². The zero-order valence-corrected chi connectivity index (χ0v) is 9.69. The lowest BCUT2D eigenvalue weighted by Gasteiger charge is -2.05. The summed E-state index contributed by atoms with van der Waals surface area (Å²) in [5.41, 5.74) is 5.83. The maximum Gasteiger partial charge on any atom is 0.228 e. The number of methoxy groups -OCH3 is 1. The molecule has 0 saturated heterocycles. The van der Waals surface area contributed by atoms with Gasteiger partial charge in [0.15, 0.2) is 5.82 Å². The maximum atomic E-state index is 5.83. The fourth-order valence-corrected chi connectivity index (χ4v) is 2.20. The van der Waals surface area contributed by atoms with Crippen molar-refractivity contribution in [1.82, 2.24) is 10.1 Å². The van der Waals surface area contributed by atoms with E-state index in [2.05, 4.69) is 10.1 Å². The number of ether oxygens (including phenoxy) is 1. The Balaban J connectivity index is 1.91. The van der Waals surface area contributed by atoms with E-state index in [1.807, 2.05) is 0 Å². The van der Waals surface area contributed by atoms with Crippen molar-refractivity contribution in [2.45, 2.75) is 44.1 Å².